The Bertz CT molecular complexity index is 328. The van der Waals surface area contributed by atoms with E-state index in [9.17, 15) is 4.79 Å². The predicted octanol–water partition coefficient (Wildman–Crippen LogP) is 4.23. The van der Waals surface area contributed by atoms with Crippen LogP contribution in [0, 0.1) is 29.6 Å². The molecule has 0 aromatic carbocycles. The standard InChI is InChI=1S/C16H26O/c1-10-5-7-14-11(2)6-8-15(16(14)9-10)12(3)13(4)17/h9,11-12,14-16H,5-8H2,1-4H3/t11-,12?,14+,15-,16+/m1/s1. The topological polar surface area (TPSA) is 17.1 Å². The highest BCUT2D eigenvalue weighted by atomic mass is 16.1. The van der Waals surface area contributed by atoms with Crippen molar-refractivity contribution in [2.75, 3.05) is 0 Å². The van der Waals surface area contributed by atoms with E-state index in [0.717, 1.165) is 11.8 Å². The number of rotatable bonds is 2. The third-order valence-corrected chi connectivity index (χ3v) is 5.31. The second-order valence-corrected chi connectivity index (χ2v) is 6.41. The van der Waals surface area contributed by atoms with E-state index in [4.69, 9.17) is 0 Å². The monoisotopic (exact) mass is 234 g/mol. The number of hydrogen-bond acceptors (Lipinski definition) is 1. The van der Waals surface area contributed by atoms with Gasteiger partial charge >= 0.3 is 0 Å². The molecule has 0 N–H and O–H groups in total. The maximum Gasteiger partial charge on any atom is 0.132 e. The van der Waals surface area contributed by atoms with Gasteiger partial charge in [0.05, 0.1) is 0 Å². The normalized spacial score (nSPS) is 39.2. The summed E-state index contributed by atoms with van der Waals surface area (Å²) in [5, 5.41) is 0. The van der Waals surface area contributed by atoms with Crippen LogP contribution in [0.1, 0.15) is 53.4 Å². The van der Waals surface area contributed by atoms with E-state index < -0.39 is 0 Å². The lowest BCUT2D eigenvalue weighted by atomic mass is 9.60. The fraction of sp³-hybridized carbons (Fsp3) is 0.812. The molecular formula is C16H26O. The molecule has 1 saturated carbocycles. The highest BCUT2D eigenvalue weighted by Crippen LogP contribution is 2.47. The molecule has 0 aromatic rings. The zero-order chi connectivity index (χ0) is 12.6. The first-order valence-electron chi connectivity index (χ1n) is 7.18. The van der Waals surface area contributed by atoms with Crippen LogP contribution in [-0.4, -0.2) is 5.78 Å². The molecule has 5 atom stereocenters. The van der Waals surface area contributed by atoms with Crippen molar-refractivity contribution >= 4 is 5.78 Å². The highest BCUT2D eigenvalue weighted by molar-refractivity contribution is 5.78. The maximum absolute atomic E-state index is 11.7. The minimum atomic E-state index is 0.247. The Morgan fingerprint density at radius 3 is 2.71 bits per heavy atom. The van der Waals surface area contributed by atoms with Crippen molar-refractivity contribution in [1.82, 2.24) is 0 Å². The van der Waals surface area contributed by atoms with E-state index in [0.29, 0.717) is 17.6 Å². The SMILES string of the molecule is CC(=O)C(C)[C@H]1CC[C@@H](C)[C@@H]2CCC(C)=C[C@@H]21. The molecule has 1 unspecified atom stereocenters. The number of hydrogen-bond donors (Lipinski definition) is 0. The molecule has 0 bridgehead atoms. The van der Waals surface area contributed by atoms with Crippen molar-refractivity contribution in [3.63, 3.8) is 0 Å². The zero-order valence-corrected chi connectivity index (χ0v) is 11.7. The van der Waals surface area contributed by atoms with Crippen LogP contribution in [0.3, 0.4) is 0 Å². The minimum Gasteiger partial charge on any atom is -0.300 e. The van der Waals surface area contributed by atoms with Gasteiger partial charge in [0.2, 0.25) is 0 Å². The van der Waals surface area contributed by atoms with Gasteiger partial charge in [0.1, 0.15) is 5.78 Å². The van der Waals surface area contributed by atoms with Gasteiger partial charge in [-0.1, -0.05) is 31.9 Å². The van der Waals surface area contributed by atoms with Gasteiger partial charge in [-0.15, -0.1) is 0 Å². The number of carbonyl (C=O) groups excluding carboxylic acids is 1. The molecule has 0 spiro atoms. The molecule has 0 amide bonds. The second kappa shape index (κ2) is 4.96. The molecule has 2 aliphatic rings. The van der Waals surface area contributed by atoms with Crippen LogP contribution in [0.25, 0.3) is 0 Å². The third kappa shape index (κ3) is 2.48. The Labute approximate surface area is 106 Å². The molecule has 0 aromatic heterocycles. The average Bonchev–Trinajstić information content (AvgIpc) is 2.28. The smallest absolute Gasteiger partial charge is 0.132 e. The van der Waals surface area contributed by atoms with Crippen molar-refractivity contribution in [2.24, 2.45) is 29.6 Å². The third-order valence-electron chi connectivity index (χ3n) is 5.31. The first-order valence-corrected chi connectivity index (χ1v) is 7.18. The Hall–Kier alpha value is -0.590. The molecule has 2 aliphatic carbocycles. The van der Waals surface area contributed by atoms with Crippen LogP contribution in [0.15, 0.2) is 11.6 Å². The quantitative estimate of drug-likeness (QED) is 0.653. The largest absolute Gasteiger partial charge is 0.300 e. The Balaban J connectivity index is 2.22. The lowest BCUT2D eigenvalue weighted by molar-refractivity contribution is -0.123. The molecule has 0 saturated heterocycles. The molecule has 17 heavy (non-hydrogen) atoms. The summed E-state index contributed by atoms with van der Waals surface area (Å²) in [5.74, 6) is 3.58. The predicted molar refractivity (Wildman–Crippen MR) is 71.7 cm³/mol. The van der Waals surface area contributed by atoms with Gasteiger partial charge in [-0.3, -0.25) is 4.79 Å². The molecule has 0 aliphatic heterocycles. The van der Waals surface area contributed by atoms with Gasteiger partial charge < -0.3 is 0 Å². The summed E-state index contributed by atoms with van der Waals surface area (Å²) in [6.45, 7) is 8.56. The first kappa shape index (κ1) is 12.9. The summed E-state index contributed by atoms with van der Waals surface area (Å²) in [5.41, 5.74) is 1.54. The van der Waals surface area contributed by atoms with Gasteiger partial charge in [0, 0.05) is 5.92 Å². The number of Topliss-reactive ketones (excluding diaryl/α,β-unsaturated/α-hetero) is 1. The van der Waals surface area contributed by atoms with E-state index in [2.05, 4.69) is 26.8 Å². The van der Waals surface area contributed by atoms with Crippen molar-refractivity contribution in [2.45, 2.75) is 53.4 Å². The fourth-order valence-corrected chi connectivity index (χ4v) is 3.97. The molecule has 1 heteroatoms. The minimum absolute atomic E-state index is 0.247. The van der Waals surface area contributed by atoms with E-state index >= 15 is 0 Å². The summed E-state index contributed by atoms with van der Waals surface area (Å²) in [6.07, 6.45) is 7.67. The van der Waals surface area contributed by atoms with E-state index in [1.165, 1.54) is 25.7 Å². The fourth-order valence-electron chi connectivity index (χ4n) is 3.97. The van der Waals surface area contributed by atoms with E-state index in [-0.39, 0.29) is 5.92 Å². The van der Waals surface area contributed by atoms with E-state index in [1.807, 2.05) is 0 Å². The summed E-state index contributed by atoms with van der Waals surface area (Å²) >= 11 is 0. The summed E-state index contributed by atoms with van der Waals surface area (Å²) in [7, 11) is 0. The van der Waals surface area contributed by atoms with Gasteiger partial charge in [0.25, 0.3) is 0 Å². The molecule has 0 heterocycles. The van der Waals surface area contributed by atoms with Crippen molar-refractivity contribution in [3.8, 4) is 0 Å². The Morgan fingerprint density at radius 1 is 1.35 bits per heavy atom. The average molecular weight is 234 g/mol. The number of carbonyl (C=O) groups is 1. The number of fused-ring (bicyclic) bond motifs is 1. The Kier molecular flexibility index (Phi) is 3.75. The van der Waals surface area contributed by atoms with Crippen LogP contribution >= 0.6 is 0 Å². The molecule has 1 fully saturated rings. The highest BCUT2D eigenvalue weighted by Gasteiger charge is 2.40. The molecular weight excluding hydrogens is 208 g/mol. The van der Waals surface area contributed by atoms with Gasteiger partial charge in [-0.05, 0) is 56.8 Å². The molecule has 2 rings (SSSR count). The van der Waals surface area contributed by atoms with E-state index in [1.54, 1.807) is 12.5 Å². The van der Waals surface area contributed by atoms with Crippen LogP contribution in [0.5, 0.6) is 0 Å². The number of allylic oxidation sites excluding steroid dienone is 2. The van der Waals surface area contributed by atoms with Crippen LogP contribution in [-0.2, 0) is 4.79 Å². The van der Waals surface area contributed by atoms with Crippen molar-refractivity contribution in [1.29, 1.82) is 0 Å². The van der Waals surface area contributed by atoms with Crippen molar-refractivity contribution in [3.05, 3.63) is 11.6 Å². The first-order chi connectivity index (χ1) is 8.00. The molecule has 1 nitrogen and oxygen atoms in total. The zero-order valence-electron chi connectivity index (χ0n) is 11.7. The summed E-state index contributed by atoms with van der Waals surface area (Å²) in [6, 6.07) is 0. The van der Waals surface area contributed by atoms with Gasteiger partial charge in [0.15, 0.2) is 0 Å². The van der Waals surface area contributed by atoms with Gasteiger partial charge in [-0.25, -0.2) is 0 Å². The van der Waals surface area contributed by atoms with Crippen molar-refractivity contribution < 1.29 is 4.79 Å². The Morgan fingerprint density at radius 2 is 2.06 bits per heavy atom. The second-order valence-electron chi connectivity index (χ2n) is 6.41. The van der Waals surface area contributed by atoms with Crippen LogP contribution < -0.4 is 0 Å². The van der Waals surface area contributed by atoms with Crippen LogP contribution in [0.4, 0.5) is 0 Å². The number of ketones is 1. The lowest BCUT2D eigenvalue weighted by Gasteiger charge is -2.45. The van der Waals surface area contributed by atoms with Gasteiger partial charge in [-0.2, -0.15) is 0 Å². The van der Waals surface area contributed by atoms with Crippen LogP contribution in [0.2, 0.25) is 0 Å². The summed E-state index contributed by atoms with van der Waals surface area (Å²) < 4.78 is 0. The molecule has 96 valence electrons. The molecule has 0 radical (unpaired) electrons. The maximum atomic E-state index is 11.7. The lowest BCUT2D eigenvalue weighted by Crippen LogP contribution is -2.39. The summed E-state index contributed by atoms with van der Waals surface area (Å²) in [4.78, 5) is 11.7.